The average Bonchev–Trinajstić information content (AvgIpc) is 3.19. The number of hydrogen-bond acceptors (Lipinski definition) is 5. The summed E-state index contributed by atoms with van der Waals surface area (Å²) in [5, 5.41) is 6.53. The lowest BCUT2D eigenvalue weighted by molar-refractivity contribution is -0.143. The van der Waals surface area contributed by atoms with E-state index in [1.807, 2.05) is 42.5 Å². The first kappa shape index (κ1) is 22.5. The zero-order valence-corrected chi connectivity index (χ0v) is 18.9. The molecule has 8 heteroatoms. The van der Waals surface area contributed by atoms with Crippen LogP contribution in [0.25, 0.3) is 10.1 Å². The Morgan fingerprint density at radius 1 is 0.848 bits per heavy atom. The van der Waals surface area contributed by atoms with Gasteiger partial charge < -0.3 is 15.4 Å². The number of nitrogens with one attached hydrogen (secondary N) is 2. The number of fused-ring (bicyclic) bond motifs is 1. The third-order valence-corrected chi connectivity index (χ3v) is 6.46. The fraction of sp³-hybridized carbons (Fsp3) is 0.0800. The Morgan fingerprint density at radius 2 is 1.55 bits per heavy atom. The van der Waals surface area contributed by atoms with E-state index in [1.165, 1.54) is 11.3 Å². The highest BCUT2D eigenvalue weighted by Crippen LogP contribution is 2.34. The van der Waals surface area contributed by atoms with Gasteiger partial charge in [-0.1, -0.05) is 60.1 Å². The minimum absolute atomic E-state index is 0.0267. The fourth-order valence-electron chi connectivity index (χ4n) is 3.08. The monoisotopic (exact) mass is 478 g/mol. The SMILES string of the molecule is O=C(CNC(=O)c1sc2ccccc2c1Cl)OCc1ccc(C(=O)Nc2ccccc2)cc1. The number of anilines is 1. The van der Waals surface area contributed by atoms with Gasteiger partial charge in [0.15, 0.2) is 0 Å². The second-order valence-electron chi connectivity index (χ2n) is 7.10. The first-order valence-electron chi connectivity index (χ1n) is 10.1. The van der Waals surface area contributed by atoms with E-state index in [0.29, 0.717) is 21.2 Å². The third-order valence-electron chi connectivity index (χ3n) is 4.78. The molecule has 6 nitrogen and oxygen atoms in total. The van der Waals surface area contributed by atoms with Gasteiger partial charge >= 0.3 is 5.97 Å². The molecule has 0 radical (unpaired) electrons. The van der Waals surface area contributed by atoms with Crippen molar-refractivity contribution in [2.75, 3.05) is 11.9 Å². The van der Waals surface area contributed by atoms with Crippen molar-refractivity contribution >= 4 is 56.5 Å². The largest absolute Gasteiger partial charge is 0.460 e. The van der Waals surface area contributed by atoms with Crippen LogP contribution in [0.15, 0.2) is 78.9 Å². The molecule has 166 valence electrons. The fourth-order valence-corrected chi connectivity index (χ4v) is 4.52. The molecule has 0 saturated heterocycles. The van der Waals surface area contributed by atoms with Gasteiger partial charge in [0.05, 0.1) is 5.02 Å². The van der Waals surface area contributed by atoms with Crippen molar-refractivity contribution in [3.05, 3.63) is 99.9 Å². The normalized spacial score (nSPS) is 10.6. The maximum absolute atomic E-state index is 12.4. The van der Waals surface area contributed by atoms with E-state index >= 15 is 0 Å². The number of rotatable bonds is 7. The number of halogens is 1. The van der Waals surface area contributed by atoms with Crippen LogP contribution in [0.1, 0.15) is 25.6 Å². The summed E-state index contributed by atoms with van der Waals surface area (Å²) in [6, 6.07) is 23.3. The molecule has 33 heavy (non-hydrogen) atoms. The highest BCUT2D eigenvalue weighted by molar-refractivity contribution is 7.21. The summed E-state index contributed by atoms with van der Waals surface area (Å²) in [5.74, 6) is -1.23. The molecule has 3 aromatic carbocycles. The molecule has 0 aliphatic carbocycles. The molecule has 0 aliphatic heterocycles. The van der Waals surface area contributed by atoms with Crippen molar-refractivity contribution in [1.29, 1.82) is 0 Å². The minimum atomic E-state index is -0.577. The van der Waals surface area contributed by atoms with E-state index in [-0.39, 0.29) is 19.1 Å². The number of thiophene rings is 1. The Hall–Kier alpha value is -3.68. The zero-order valence-electron chi connectivity index (χ0n) is 17.3. The van der Waals surface area contributed by atoms with Crippen LogP contribution in [0.2, 0.25) is 5.02 Å². The number of para-hydroxylation sites is 1. The molecular formula is C25H19ClN2O4S. The first-order valence-corrected chi connectivity index (χ1v) is 11.3. The molecule has 0 atom stereocenters. The van der Waals surface area contributed by atoms with Crippen molar-refractivity contribution in [3.63, 3.8) is 0 Å². The molecule has 4 aromatic rings. The summed E-state index contributed by atoms with van der Waals surface area (Å²) < 4.78 is 6.11. The van der Waals surface area contributed by atoms with E-state index < -0.39 is 11.9 Å². The summed E-state index contributed by atoms with van der Waals surface area (Å²) >= 11 is 7.56. The molecule has 0 fully saturated rings. The van der Waals surface area contributed by atoms with Crippen LogP contribution in [0.3, 0.4) is 0 Å². The van der Waals surface area contributed by atoms with Crippen LogP contribution in [0, 0.1) is 0 Å². The van der Waals surface area contributed by atoms with E-state index in [0.717, 1.165) is 15.6 Å². The first-order chi connectivity index (χ1) is 16.0. The Balaban J connectivity index is 1.26. The molecule has 1 aromatic heterocycles. The van der Waals surface area contributed by atoms with E-state index in [9.17, 15) is 14.4 Å². The molecule has 2 N–H and O–H groups in total. The second kappa shape index (κ2) is 10.3. The molecule has 2 amide bonds. The lowest BCUT2D eigenvalue weighted by Crippen LogP contribution is -2.30. The van der Waals surface area contributed by atoms with Gasteiger partial charge in [0.1, 0.15) is 18.0 Å². The summed E-state index contributed by atoms with van der Waals surface area (Å²) in [6.45, 7) is -0.250. The molecule has 0 saturated carbocycles. The maximum Gasteiger partial charge on any atom is 0.325 e. The van der Waals surface area contributed by atoms with E-state index in [2.05, 4.69) is 10.6 Å². The zero-order chi connectivity index (χ0) is 23.2. The minimum Gasteiger partial charge on any atom is -0.460 e. The Bertz CT molecular complexity index is 1300. The van der Waals surface area contributed by atoms with Crippen LogP contribution in [0.4, 0.5) is 5.69 Å². The number of esters is 1. The van der Waals surface area contributed by atoms with Crippen molar-refractivity contribution in [2.45, 2.75) is 6.61 Å². The number of hydrogen-bond donors (Lipinski definition) is 2. The number of carbonyl (C=O) groups excluding carboxylic acids is 3. The average molecular weight is 479 g/mol. The molecule has 0 unspecified atom stereocenters. The smallest absolute Gasteiger partial charge is 0.325 e. The molecular weight excluding hydrogens is 460 g/mol. The maximum atomic E-state index is 12.4. The second-order valence-corrected chi connectivity index (χ2v) is 8.53. The highest BCUT2D eigenvalue weighted by atomic mass is 35.5. The lowest BCUT2D eigenvalue weighted by atomic mass is 10.1. The van der Waals surface area contributed by atoms with Crippen LogP contribution in [-0.2, 0) is 16.1 Å². The number of ether oxygens (including phenoxy) is 1. The van der Waals surface area contributed by atoms with Crippen molar-refractivity contribution in [2.24, 2.45) is 0 Å². The topological polar surface area (TPSA) is 84.5 Å². The summed E-state index contributed by atoms with van der Waals surface area (Å²) in [6.07, 6.45) is 0. The van der Waals surface area contributed by atoms with Gasteiger partial charge in [-0.3, -0.25) is 14.4 Å². The van der Waals surface area contributed by atoms with Gasteiger partial charge in [-0.25, -0.2) is 0 Å². The molecule has 1 heterocycles. The van der Waals surface area contributed by atoms with Crippen LogP contribution >= 0.6 is 22.9 Å². The summed E-state index contributed by atoms with van der Waals surface area (Å²) in [5.41, 5.74) is 1.92. The van der Waals surface area contributed by atoms with Crippen molar-refractivity contribution < 1.29 is 19.1 Å². The van der Waals surface area contributed by atoms with E-state index in [1.54, 1.807) is 36.4 Å². The molecule has 4 rings (SSSR count). The lowest BCUT2D eigenvalue weighted by Gasteiger charge is -2.08. The number of amides is 2. The van der Waals surface area contributed by atoms with Crippen molar-refractivity contribution in [3.8, 4) is 0 Å². The summed E-state index contributed by atoms with van der Waals surface area (Å²) in [4.78, 5) is 37.1. The predicted octanol–water partition coefficient (Wildman–Crippen LogP) is 5.28. The Morgan fingerprint density at radius 3 is 2.27 bits per heavy atom. The van der Waals surface area contributed by atoms with Gasteiger partial charge in [-0.15, -0.1) is 11.3 Å². The molecule has 0 spiro atoms. The standard InChI is InChI=1S/C25H19ClN2O4S/c26-22-19-8-4-5-9-20(19)33-23(22)25(31)27-14-21(29)32-15-16-10-12-17(13-11-16)24(30)28-18-6-2-1-3-7-18/h1-13H,14-15H2,(H,27,31)(H,28,30). The Labute approximate surface area is 199 Å². The molecule has 0 bridgehead atoms. The van der Waals surface area contributed by atoms with E-state index in [4.69, 9.17) is 16.3 Å². The van der Waals surface area contributed by atoms with Crippen LogP contribution < -0.4 is 10.6 Å². The predicted molar refractivity (Wildman–Crippen MR) is 130 cm³/mol. The van der Waals surface area contributed by atoms with Crippen LogP contribution in [0.5, 0.6) is 0 Å². The van der Waals surface area contributed by atoms with Gasteiger partial charge in [0.2, 0.25) is 0 Å². The van der Waals surface area contributed by atoms with Crippen molar-refractivity contribution in [1.82, 2.24) is 5.32 Å². The van der Waals surface area contributed by atoms with Crippen LogP contribution in [-0.4, -0.2) is 24.3 Å². The molecule has 0 aliphatic rings. The van der Waals surface area contributed by atoms with Gasteiger partial charge in [0.25, 0.3) is 11.8 Å². The summed E-state index contributed by atoms with van der Waals surface area (Å²) in [7, 11) is 0. The Kier molecular flexibility index (Phi) is 7.02. The van der Waals surface area contributed by atoms with Gasteiger partial charge in [-0.2, -0.15) is 0 Å². The quantitative estimate of drug-likeness (QED) is 0.354. The number of carbonyl (C=O) groups is 3. The van der Waals surface area contributed by atoms with Gasteiger partial charge in [-0.05, 0) is 35.9 Å². The third kappa shape index (κ3) is 5.58. The highest BCUT2D eigenvalue weighted by Gasteiger charge is 2.17. The number of benzene rings is 3. The van der Waals surface area contributed by atoms with Gasteiger partial charge in [0, 0.05) is 21.3 Å².